The zero-order valence-corrected chi connectivity index (χ0v) is 15.2. The number of cyclic esters (lactones) is 1. The Hall–Kier alpha value is -2.03. The number of ether oxygens (including phenoxy) is 4. The first-order valence-electron chi connectivity index (χ1n) is 7.60. The van der Waals surface area contributed by atoms with Crippen LogP contribution in [0.25, 0.3) is 0 Å². The Morgan fingerprint density at radius 3 is 2.12 bits per heavy atom. The van der Waals surface area contributed by atoms with Gasteiger partial charge in [0.05, 0.1) is 6.10 Å². The molecule has 0 saturated carbocycles. The molecule has 9 nitrogen and oxygen atoms in total. The largest absolute Gasteiger partial charge is 0.443 e. The fraction of sp³-hybridized carbons (Fsp3) is 0.800. The number of carbonyl (C=O) groups excluding carboxylic acids is 3. The Balaban J connectivity index is 3.00. The van der Waals surface area contributed by atoms with Crippen molar-refractivity contribution in [3.63, 3.8) is 0 Å². The second-order valence-electron chi connectivity index (χ2n) is 7.36. The molecule has 0 aliphatic carbocycles. The van der Waals surface area contributed by atoms with Crippen LogP contribution in [0.15, 0.2) is 0 Å². The maximum absolute atomic E-state index is 12.4. The molecule has 24 heavy (non-hydrogen) atoms. The molecule has 0 bridgehead atoms. The maximum Gasteiger partial charge on any atom is 0.430 e. The first-order chi connectivity index (χ1) is 10.8. The predicted octanol–water partition coefficient (Wildman–Crippen LogP) is 1.95. The Bertz CT molecular complexity index is 493. The SMILES string of the molecule is C[C@@H]1OCOC(=O)[C@@H]1N(NC(=O)OC(C)(C)C)C(=O)OC(C)(C)C. The number of hydrogen-bond donors (Lipinski definition) is 1. The van der Waals surface area contributed by atoms with E-state index in [0.29, 0.717) is 0 Å². The summed E-state index contributed by atoms with van der Waals surface area (Å²) in [6, 6.07) is -1.19. The third kappa shape index (κ3) is 6.23. The highest BCUT2D eigenvalue weighted by molar-refractivity contribution is 5.84. The third-order valence-electron chi connectivity index (χ3n) is 2.70. The minimum atomic E-state index is -1.19. The number of esters is 1. The molecule has 1 saturated heterocycles. The van der Waals surface area contributed by atoms with Crippen LogP contribution in [0, 0.1) is 0 Å². The maximum atomic E-state index is 12.4. The van der Waals surface area contributed by atoms with Gasteiger partial charge in [-0.2, -0.15) is 5.01 Å². The monoisotopic (exact) mass is 346 g/mol. The van der Waals surface area contributed by atoms with E-state index in [9.17, 15) is 14.4 Å². The minimum Gasteiger partial charge on any atom is -0.443 e. The highest BCUT2D eigenvalue weighted by atomic mass is 16.7. The van der Waals surface area contributed by atoms with Gasteiger partial charge in [0.25, 0.3) is 0 Å². The molecule has 9 heteroatoms. The van der Waals surface area contributed by atoms with Crippen LogP contribution >= 0.6 is 0 Å². The summed E-state index contributed by atoms with van der Waals surface area (Å²) in [4.78, 5) is 36.5. The summed E-state index contributed by atoms with van der Waals surface area (Å²) in [5.41, 5.74) is 0.639. The van der Waals surface area contributed by atoms with Crippen molar-refractivity contribution in [3.05, 3.63) is 0 Å². The fourth-order valence-electron chi connectivity index (χ4n) is 1.82. The second-order valence-corrected chi connectivity index (χ2v) is 7.36. The molecule has 1 aliphatic rings. The Morgan fingerprint density at radius 1 is 1.12 bits per heavy atom. The number of nitrogens with one attached hydrogen (secondary N) is 1. The Morgan fingerprint density at radius 2 is 1.67 bits per heavy atom. The van der Waals surface area contributed by atoms with Crippen LogP contribution in [0.1, 0.15) is 48.5 Å². The van der Waals surface area contributed by atoms with Crippen LogP contribution in [-0.2, 0) is 23.7 Å². The number of rotatable bonds is 1. The number of hydrazine groups is 1. The average molecular weight is 346 g/mol. The van der Waals surface area contributed by atoms with E-state index in [4.69, 9.17) is 18.9 Å². The minimum absolute atomic E-state index is 0.217. The molecule has 1 rings (SSSR count). The molecular formula is C15H26N2O7. The Kier molecular flexibility index (Phi) is 6.04. The van der Waals surface area contributed by atoms with Crippen molar-refractivity contribution in [2.24, 2.45) is 0 Å². The van der Waals surface area contributed by atoms with E-state index in [-0.39, 0.29) is 6.79 Å². The average Bonchev–Trinajstić information content (AvgIpc) is 2.32. The molecule has 0 aromatic rings. The van der Waals surface area contributed by atoms with Crippen molar-refractivity contribution < 1.29 is 33.3 Å². The molecule has 1 heterocycles. The van der Waals surface area contributed by atoms with Crippen LogP contribution in [0.5, 0.6) is 0 Å². The summed E-state index contributed by atoms with van der Waals surface area (Å²) in [7, 11) is 0. The number of hydrogen-bond acceptors (Lipinski definition) is 7. The molecule has 0 aromatic carbocycles. The van der Waals surface area contributed by atoms with Crippen molar-refractivity contribution in [2.45, 2.75) is 71.8 Å². The van der Waals surface area contributed by atoms with E-state index in [0.717, 1.165) is 5.01 Å². The molecule has 0 radical (unpaired) electrons. The standard InChI is InChI=1S/C15H26N2O7/c1-9-10(11(18)22-8-21-9)17(13(20)24-15(5,6)7)16-12(19)23-14(2,3)4/h9-10H,8H2,1-7H3,(H,16,19)/t9-,10+/m0/s1. The van der Waals surface area contributed by atoms with Crippen molar-refractivity contribution >= 4 is 18.2 Å². The summed E-state index contributed by atoms with van der Waals surface area (Å²) in [6.07, 6.45) is -2.53. The van der Waals surface area contributed by atoms with Gasteiger partial charge in [0.2, 0.25) is 0 Å². The summed E-state index contributed by atoms with van der Waals surface area (Å²) < 4.78 is 20.4. The van der Waals surface area contributed by atoms with E-state index in [1.54, 1.807) is 48.5 Å². The third-order valence-corrected chi connectivity index (χ3v) is 2.70. The van der Waals surface area contributed by atoms with E-state index in [2.05, 4.69) is 5.43 Å². The molecule has 0 unspecified atom stereocenters. The number of nitrogens with zero attached hydrogens (tertiary/aromatic N) is 1. The first-order valence-corrected chi connectivity index (χ1v) is 7.60. The van der Waals surface area contributed by atoms with Gasteiger partial charge >= 0.3 is 18.2 Å². The van der Waals surface area contributed by atoms with Crippen molar-refractivity contribution in [1.29, 1.82) is 0 Å². The zero-order chi connectivity index (χ0) is 18.7. The van der Waals surface area contributed by atoms with Crippen molar-refractivity contribution in [1.82, 2.24) is 10.4 Å². The van der Waals surface area contributed by atoms with Crippen molar-refractivity contribution in [2.75, 3.05) is 6.79 Å². The van der Waals surface area contributed by atoms with Crippen LogP contribution < -0.4 is 5.43 Å². The predicted molar refractivity (Wildman–Crippen MR) is 82.7 cm³/mol. The topological polar surface area (TPSA) is 103 Å². The Labute approximate surface area is 141 Å². The van der Waals surface area contributed by atoms with Gasteiger partial charge in [-0.05, 0) is 48.5 Å². The van der Waals surface area contributed by atoms with Crippen LogP contribution in [0.3, 0.4) is 0 Å². The van der Waals surface area contributed by atoms with E-state index in [1.807, 2.05) is 0 Å². The van der Waals surface area contributed by atoms with Crippen LogP contribution in [-0.4, -0.2) is 53.3 Å². The van der Waals surface area contributed by atoms with Crippen LogP contribution in [0.2, 0.25) is 0 Å². The van der Waals surface area contributed by atoms with Gasteiger partial charge in [-0.25, -0.2) is 19.8 Å². The van der Waals surface area contributed by atoms with Gasteiger partial charge in [0.15, 0.2) is 12.8 Å². The number of carbonyl (C=O) groups is 3. The summed E-state index contributed by atoms with van der Waals surface area (Å²) in [5.74, 6) is -0.712. The lowest BCUT2D eigenvalue weighted by molar-refractivity contribution is -0.196. The quantitative estimate of drug-likeness (QED) is 0.440. The van der Waals surface area contributed by atoms with Crippen molar-refractivity contribution in [3.8, 4) is 0 Å². The molecular weight excluding hydrogens is 320 g/mol. The summed E-state index contributed by atoms with van der Waals surface area (Å²) in [5, 5.41) is 0.742. The van der Waals surface area contributed by atoms with Crippen LogP contribution in [0.4, 0.5) is 9.59 Å². The smallest absolute Gasteiger partial charge is 0.430 e. The van der Waals surface area contributed by atoms with E-state index >= 15 is 0 Å². The first kappa shape index (κ1) is 20.0. The molecule has 1 fully saturated rings. The molecule has 1 N–H and O–H groups in total. The lowest BCUT2D eigenvalue weighted by Crippen LogP contribution is -2.62. The number of amides is 2. The van der Waals surface area contributed by atoms with Gasteiger partial charge in [0, 0.05) is 0 Å². The lowest BCUT2D eigenvalue weighted by Gasteiger charge is -2.36. The summed E-state index contributed by atoms with van der Waals surface area (Å²) >= 11 is 0. The molecule has 2 atom stereocenters. The van der Waals surface area contributed by atoms with E-state index in [1.165, 1.54) is 0 Å². The molecule has 138 valence electrons. The van der Waals surface area contributed by atoms with Gasteiger partial charge in [-0.15, -0.1) is 0 Å². The lowest BCUT2D eigenvalue weighted by atomic mass is 10.1. The van der Waals surface area contributed by atoms with Gasteiger partial charge in [0.1, 0.15) is 11.2 Å². The van der Waals surface area contributed by atoms with E-state index < -0.39 is 41.5 Å². The molecule has 1 aliphatic heterocycles. The molecule has 2 amide bonds. The highest BCUT2D eigenvalue weighted by Gasteiger charge is 2.42. The second kappa shape index (κ2) is 7.25. The zero-order valence-electron chi connectivity index (χ0n) is 15.2. The molecule has 0 aromatic heterocycles. The van der Waals surface area contributed by atoms with Gasteiger partial charge in [-0.3, -0.25) is 0 Å². The van der Waals surface area contributed by atoms with Gasteiger partial charge in [-0.1, -0.05) is 0 Å². The fourth-order valence-corrected chi connectivity index (χ4v) is 1.82. The molecule has 0 spiro atoms. The highest BCUT2D eigenvalue weighted by Crippen LogP contribution is 2.18. The summed E-state index contributed by atoms with van der Waals surface area (Å²) in [6.45, 7) is 11.4. The van der Waals surface area contributed by atoms with Gasteiger partial charge < -0.3 is 18.9 Å². The normalized spacial score (nSPS) is 21.5.